The lowest BCUT2D eigenvalue weighted by atomic mass is 10.2. The summed E-state index contributed by atoms with van der Waals surface area (Å²) in [6, 6.07) is 0. The Hall–Kier alpha value is -2.69. The monoisotopic (exact) mass is 433 g/mol. The molecule has 1 aliphatic heterocycles. The summed E-state index contributed by atoms with van der Waals surface area (Å²) >= 11 is 1.56. The number of carbonyl (C=O) groups is 3. The molecule has 2 aromatic rings. The predicted molar refractivity (Wildman–Crippen MR) is 114 cm³/mol. The maximum Gasteiger partial charge on any atom is 0.240 e. The molecule has 1 fully saturated rings. The molecule has 162 valence electrons. The van der Waals surface area contributed by atoms with Crippen LogP contribution < -0.4 is 10.6 Å². The van der Waals surface area contributed by atoms with Crippen molar-refractivity contribution in [3.63, 3.8) is 0 Å². The van der Waals surface area contributed by atoms with E-state index >= 15 is 0 Å². The number of thioether (sulfide) groups is 1. The molecule has 11 heteroatoms. The van der Waals surface area contributed by atoms with Crippen molar-refractivity contribution >= 4 is 46.3 Å². The first-order valence-corrected chi connectivity index (χ1v) is 11.1. The van der Waals surface area contributed by atoms with E-state index in [-0.39, 0.29) is 37.1 Å². The lowest BCUT2D eigenvalue weighted by molar-refractivity contribution is -0.142. The standard InChI is InChI=1S/C19H27N7O3S/c1-4-30-19-23-17(21-9-12(2)3)13-10-22-26(18(13)24-19)8-7-20-14(27)11-25-15(28)5-6-16(25)29/h10,12H,4-9,11H2,1-3H3,(H,20,27)(H,21,23,24). The van der Waals surface area contributed by atoms with Gasteiger partial charge in [0, 0.05) is 25.9 Å². The first kappa shape index (κ1) is 22.0. The van der Waals surface area contributed by atoms with E-state index in [9.17, 15) is 14.4 Å². The summed E-state index contributed by atoms with van der Waals surface area (Å²) in [7, 11) is 0. The minimum absolute atomic E-state index is 0.177. The van der Waals surface area contributed by atoms with Crippen LogP contribution >= 0.6 is 11.8 Å². The van der Waals surface area contributed by atoms with Crippen molar-refractivity contribution in [1.82, 2.24) is 30.0 Å². The Balaban J connectivity index is 1.66. The van der Waals surface area contributed by atoms with Crippen LogP contribution in [0.4, 0.5) is 5.82 Å². The van der Waals surface area contributed by atoms with Gasteiger partial charge in [-0.3, -0.25) is 19.3 Å². The van der Waals surface area contributed by atoms with E-state index in [2.05, 4.69) is 39.5 Å². The average Bonchev–Trinajstić information content (AvgIpc) is 3.24. The van der Waals surface area contributed by atoms with Gasteiger partial charge < -0.3 is 10.6 Å². The topological polar surface area (TPSA) is 122 Å². The highest BCUT2D eigenvalue weighted by molar-refractivity contribution is 7.99. The number of carbonyl (C=O) groups excluding carboxylic acids is 3. The minimum Gasteiger partial charge on any atom is -0.369 e. The number of hydrogen-bond acceptors (Lipinski definition) is 8. The van der Waals surface area contributed by atoms with Crippen LogP contribution in [-0.4, -0.2) is 67.8 Å². The van der Waals surface area contributed by atoms with E-state index in [0.717, 1.165) is 28.4 Å². The fourth-order valence-electron chi connectivity index (χ4n) is 3.03. The van der Waals surface area contributed by atoms with Crippen molar-refractivity contribution in [2.75, 3.05) is 30.7 Å². The number of aromatic nitrogens is 4. The first-order chi connectivity index (χ1) is 14.4. The summed E-state index contributed by atoms with van der Waals surface area (Å²) in [5.41, 5.74) is 0.700. The smallest absolute Gasteiger partial charge is 0.240 e. The number of hydrogen-bond donors (Lipinski definition) is 2. The van der Waals surface area contributed by atoms with Gasteiger partial charge in [-0.1, -0.05) is 32.5 Å². The molecule has 3 amide bonds. The first-order valence-electron chi connectivity index (χ1n) is 10.1. The van der Waals surface area contributed by atoms with Crippen molar-refractivity contribution in [1.29, 1.82) is 0 Å². The summed E-state index contributed by atoms with van der Waals surface area (Å²) in [4.78, 5) is 45.6. The molecule has 0 radical (unpaired) electrons. The van der Waals surface area contributed by atoms with Gasteiger partial charge in [-0.15, -0.1) is 0 Å². The second kappa shape index (κ2) is 9.88. The number of imide groups is 1. The zero-order valence-electron chi connectivity index (χ0n) is 17.5. The molecule has 0 bridgehead atoms. The molecule has 1 saturated heterocycles. The van der Waals surface area contributed by atoms with Gasteiger partial charge in [0.25, 0.3) is 0 Å². The molecule has 0 atom stereocenters. The van der Waals surface area contributed by atoms with Gasteiger partial charge in [0.05, 0.1) is 18.1 Å². The maximum atomic E-state index is 12.1. The average molecular weight is 434 g/mol. The highest BCUT2D eigenvalue weighted by Gasteiger charge is 2.30. The van der Waals surface area contributed by atoms with Crippen LogP contribution in [0.25, 0.3) is 11.0 Å². The lowest BCUT2D eigenvalue weighted by Crippen LogP contribution is -2.40. The Bertz CT molecular complexity index is 928. The largest absolute Gasteiger partial charge is 0.369 e. The number of nitrogens with one attached hydrogen (secondary N) is 2. The Morgan fingerprint density at radius 2 is 1.97 bits per heavy atom. The molecular weight excluding hydrogens is 406 g/mol. The van der Waals surface area contributed by atoms with Crippen LogP contribution in [0, 0.1) is 5.92 Å². The second-order valence-corrected chi connectivity index (χ2v) is 8.62. The predicted octanol–water partition coefficient (Wildman–Crippen LogP) is 1.27. The van der Waals surface area contributed by atoms with E-state index in [1.165, 1.54) is 0 Å². The third-order valence-corrected chi connectivity index (χ3v) is 5.26. The van der Waals surface area contributed by atoms with Crippen LogP contribution in [0.2, 0.25) is 0 Å². The van der Waals surface area contributed by atoms with Crippen LogP contribution in [0.15, 0.2) is 11.4 Å². The minimum atomic E-state index is -0.369. The molecule has 3 heterocycles. The zero-order chi connectivity index (χ0) is 21.7. The van der Waals surface area contributed by atoms with Crippen molar-refractivity contribution in [2.24, 2.45) is 5.92 Å². The summed E-state index contributed by atoms with van der Waals surface area (Å²) in [6.45, 7) is 7.57. The molecule has 0 aliphatic carbocycles. The van der Waals surface area contributed by atoms with Gasteiger partial charge in [0.15, 0.2) is 10.8 Å². The van der Waals surface area contributed by atoms with Crippen LogP contribution in [0.1, 0.15) is 33.6 Å². The fraction of sp³-hybridized carbons (Fsp3) is 0.579. The van der Waals surface area contributed by atoms with E-state index in [0.29, 0.717) is 29.8 Å². The number of amides is 3. The van der Waals surface area contributed by atoms with Crippen molar-refractivity contribution < 1.29 is 14.4 Å². The molecule has 0 saturated carbocycles. The number of anilines is 1. The molecule has 3 rings (SSSR count). The highest BCUT2D eigenvalue weighted by atomic mass is 32.2. The van der Waals surface area contributed by atoms with E-state index in [1.54, 1.807) is 22.6 Å². The molecule has 2 aromatic heterocycles. The van der Waals surface area contributed by atoms with Gasteiger partial charge in [-0.2, -0.15) is 5.10 Å². The quantitative estimate of drug-likeness (QED) is 0.326. The Morgan fingerprint density at radius 3 is 2.63 bits per heavy atom. The van der Waals surface area contributed by atoms with Crippen molar-refractivity contribution in [3.05, 3.63) is 6.20 Å². The van der Waals surface area contributed by atoms with Crippen LogP contribution in [0.5, 0.6) is 0 Å². The second-order valence-electron chi connectivity index (χ2n) is 7.39. The van der Waals surface area contributed by atoms with Gasteiger partial charge >= 0.3 is 0 Å². The molecule has 30 heavy (non-hydrogen) atoms. The molecule has 1 aliphatic rings. The molecule has 10 nitrogen and oxygen atoms in total. The van der Waals surface area contributed by atoms with Crippen molar-refractivity contribution in [2.45, 2.75) is 45.3 Å². The summed E-state index contributed by atoms with van der Waals surface area (Å²) in [5, 5.41) is 12.0. The van der Waals surface area contributed by atoms with Gasteiger partial charge in [0.1, 0.15) is 12.4 Å². The SMILES string of the molecule is CCSc1nc(NCC(C)C)c2cnn(CCNC(=O)CN3C(=O)CCC3=O)c2n1. The normalized spacial score (nSPS) is 14.2. The number of fused-ring (bicyclic) bond motifs is 1. The van der Waals surface area contributed by atoms with Crippen LogP contribution in [0.3, 0.4) is 0 Å². The Kier molecular flexibility index (Phi) is 7.24. The third kappa shape index (κ3) is 5.26. The van der Waals surface area contributed by atoms with Crippen molar-refractivity contribution in [3.8, 4) is 0 Å². The summed E-state index contributed by atoms with van der Waals surface area (Å²) in [5.74, 6) is 1.11. The zero-order valence-corrected chi connectivity index (χ0v) is 18.3. The lowest BCUT2D eigenvalue weighted by Gasteiger charge is -2.13. The Morgan fingerprint density at radius 1 is 1.23 bits per heavy atom. The van der Waals surface area contributed by atoms with Gasteiger partial charge in [0.2, 0.25) is 17.7 Å². The third-order valence-electron chi connectivity index (χ3n) is 4.53. The van der Waals surface area contributed by atoms with E-state index in [1.807, 2.05) is 6.92 Å². The number of nitrogens with zero attached hydrogens (tertiary/aromatic N) is 5. The molecule has 2 N–H and O–H groups in total. The van der Waals surface area contributed by atoms with Crippen LogP contribution in [-0.2, 0) is 20.9 Å². The molecular formula is C19H27N7O3S. The van der Waals surface area contributed by atoms with Gasteiger partial charge in [-0.25, -0.2) is 14.6 Å². The summed E-state index contributed by atoms with van der Waals surface area (Å²) < 4.78 is 1.73. The van der Waals surface area contributed by atoms with E-state index in [4.69, 9.17) is 0 Å². The summed E-state index contributed by atoms with van der Waals surface area (Å²) in [6.07, 6.45) is 2.08. The Labute approximate surface area is 179 Å². The molecule has 0 spiro atoms. The highest BCUT2D eigenvalue weighted by Crippen LogP contribution is 2.24. The molecule has 0 unspecified atom stereocenters. The number of rotatable bonds is 10. The number of likely N-dealkylation sites (tertiary alicyclic amines) is 1. The maximum absolute atomic E-state index is 12.1. The fourth-order valence-corrected chi connectivity index (χ4v) is 3.59. The molecule has 0 aromatic carbocycles. The van der Waals surface area contributed by atoms with Gasteiger partial charge in [-0.05, 0) is 11.7 Å². The van der Waals surface area contributed by atoms with E-state index < -0.39 is 0 Å².